The van der Waals surface area contributed by atoms with Crippen LogP contribution in [0.3, 0.4) is 0 Å². The van der Waals surface area contributed by atoms with Crippen LogP contribution in [0.5, 0.6) is 0 Å². The molecule has 0 saturated heterocycles. The normalized spacial score (nSPS) is 23.7. The second-order valence-corrected chi connectivity index (χ2v) is 10.7. The molecule has 1 N–H and O–H groups in total. The van der Waals surface area contributed by atoms with Crippen LogP contribution < -0.4 is 0 Å². The van der Waals surface area contributed by atoms with E-state index in [-0.39, 0.29) is 35.8 Å². The van der Waals surface area contributed by atoms with Gasteiger partial charge in [0.25, 0.3) is 0 Å². The number of amides is 1. The van der Waals surface area contributed by atoms with Crippen LogP contribution >= 0.6 is 0 Å². The fourth-order valence-corrected chi connectivity index (χ4v) is 6.65. The Balaban J connectivity index is 1.51. The van der Waals surface area contributed by atoms with E-state index in [1.54, 1.807) is 0 Å². The van der Waals surface area contributed by atoms with Crippen molar-refractivity contribution in [3.05, 3.63) is 71.4 Å². The second kappa shape index (κ2) is 9.74. The Morgan fingerprint density at radius 3 is 2.36 bits per heavy atom. The van der Waals surface area contributed by atoms with Crippen LogP contribution in [0.25, 0.3) is 10.9 Å². The van der Waals surface area contributed by atoms with Crippen molar-refractivity contribution in [2.45, 2.75) is 62.4 Å². The molecule has 1 aliphatic heterocycles. The number of hydrogen-bond donors (Lipinski definition) is 1. The van der Waals surface area contributed by atoms with E-state index in [0.29, 0.717) is 6.54 Å². The maximum absolute atomic E-state index is 13.6. The van der Waals surface area contributed by atoms with Crippen molar-refractivity contribution in [3.63, 3.8) is 0 Å². The van der Waals surface area contributed by atoms with E-state index in [2.05, 4.69) is 83.5 Å². The van der Waals surface area contributed by atoms with E-state index in [1.807, 2.05) is 0 Å². The molecule has 0 atom stereocenters. The van der Waals surface area contributed by atoms with Gasteiger partial charge in [0.15, 0.2) is 0 Å². The molecule has 3 aromatic rings. The maximum atomic E-state index is 13.6. The molecule has 6 nitrogen and oxygen atoms in total. The van der Waals surface area contributed by atoms with Crippen molar-refractivity contribution in [1.82, 2.24) is 14.8 Å². The van der Waals surface area contributed by atoms with Gasteiger partial charge in [0.05, 0.1) is 19.1 Å². The highest BCUT2D eigenvalue weighted by Gasteiger charge is 2.52. The summed E-state index contributed by atoms with van der Waals surface area (Å²) < 4.78 is 4.81. The topological polar surface area (TPSA) is 65.6 Å². The van der Waals surface area contributed by atoms with Gasteiger partial charge in [-0.3, -0.25) is 9.59 Å². The van der Waals surface area contributed by atoms with Gasteiger partial charge in [0.2, 0.25) is 5.91 Å². The van der Waals surface area contributed by atoms with Gasteiger partial charge >= 0.3 is 5.97 Å². The lowest BCUT2D eigenvalue weighted by atomic mass is 9.65. The molecular weight excluding hydrogens is 450 g/mol. The minimum atomic E-state index is -0.379. The molecule has 6 heteroatoms. The largest absolute Gasteiger partial charge is 0.469 e. The van der Waals surface area contributed by atoms with Crippen LogP contribution in [-0.2, 0) is 32.7 Å². The third kappa shape index (κ3) is 4.21. The number of nitrogens with one attached hydrogen (secondary N) is 1. The first kappa shape index (κ1) is 24.6. The molecule has 1 spiro atoms. The monoisotopic (exact) mass is 487 g/mol. The highest BCUT2D eigenvalue weighted by Crippen LogP contribution is 2.51. The minimum absolute atomic E-state index is 0.0387. The Morgan fingerprint density at radius 1 is 0.972 bits per heavy atom. The van der Waals surface area contributed by atoms with Gasteiger partial charge in [0.1, 0.15) is 0 Å². The van der Waals surface area contributed by atoms with Gasteiger partial charge in [-0.25, -0.2) is 0 Å². The summed E-state index contributed by atoms with van der Waals surface area (Å²) in [6, 6.07) is 19.2. The molecule has 1 fully saturated rings. The molecule has 2 aromatic carbocycles. The lowest BCUT2D eigenvalue weighted by Crippen LogP contribution is -2.59. The number of aromatic nitrogens is 1. The number of carbonyl (C=O) groups excluding carboxylic acids is 2. The molecule has 0 radical (unpaired) electrons. The van der Waals surface area contributed by atoms with Gasteiger partial charge in [-0.15, -0.1) is 0 Å². The van der Waals surface area contributed by atoms with Crippen LogP contribution in [0.1, 0.15) is 55.3 Å². The van der Waals surface area contributed by atoms with E-state index >= 15 is 0 Å². The summed E-state index contributed by atoms with van der Waals surface area (Å²) in [6.45, 7) is 0.683. The maximum Gasteiger partial charge on any atom is 0.306 e. The van der Waals surface area contributed by atoms with Gasteiger partial charge in [-0.1, -0.05) is 48.5 Å². The number of ether oxygens (including phenoxy) is 1. The molecule has 0 unspecified atom stereocenters. The highest BCUT2D eigenvalue weighted by atomic mass is 16.5. The van der Waals surface area contributed by atoms with Gasteiger partial charge in [-0.05, 0) is 69.8 Å². The van der Waals surface area contributed by atoms with E-state index in [0.717, 1.165) is 44.0 Å². The fraction of sp³-hybridized carbons (Fsp3) is 0.467. The number of rotatable bonds is 6. The fourth-order valence-electron chi connectivity index (χ4n) is 6.65. The van der Waals surface area contributed by atoms with E-state index in [1.165, 1.54) is 29.3 Å². The third-order valence-electron chi connectivity index (χ3n) is 8.79. The van der Waals surface area contributed by atoms with Crippen LogP contribution in [0.15, 0.2) is 54.6 Å². The predicted octanol–water partition coefficient (Wildman–Crippen LogP) is 4.82. The number of carbonyl (C=O) groups is 2. The molecule has 190 valence electrons. The number of aromatic amines is 1. The smallest absolute Gasteiger partial charge is 0.306 e. The molecule has 1 amide bonds. The van der Waals surface area contributed by atoms with Gasteiger partial charge in [0, 0.05) is 35.1 Å². The number of esters is 1. The molecule has 1 aromatic heterocycles. The number of hydrogen-bond acceptors (Lipinski definition) is 4. The average Bonchev–Trinajstić information content (AvgIpc) is 3.29. The zero-order chi connectivity index (χ0) is 25.3. The van der Waals surface area contributed by atoms with Crippen molar-refractivity contribution in [1.29, 1.82) is 0 Å². The molecule has 36 heavy (non-hydrogen) atoms. The first-order chi connectivity index (χ1) is 17.4. The van der Waals surface area contributed by atoms with E-state index < -0.39 is 0 Å². The Hall–Kier alpha value is -3.12. The van der Waals surface area contributed by atoms with Gasteiger partial charge < -0.3 is 19.5 Å². The van der Waals surface area contributed by atoms with Crippen LogP contribution in [0, 0.1) is 0 Å². The van der Waals surface area contributed by atoms with Crippen molar-refractivity contribution in [2.24, 2.45) is 0 Å². The van der Waals surface area contributed by atoms with Gasteiger partial charge in [-0.2, -0.15) is 0 Å². The molecule has 2 heterocycles. The van der Waals surface area contributed by atoms with Crippen molar-refractivity contribution < 1.29 is 14.3 Å². The summed E-state index contributed by atoms with van der Waals surface area (Å²) in [5.74, 6) is -0.288. The zero-order valence-electron chi connectivity index (χ0n) is 21.7. The van der Waals surface area contributed by atoms with E-state index in [9.17, 15) is 9.59 Å². The molecule has 2 aliphatic rings. The lowest BCUT2D eigenvalue weighted by Gasteiger charge is -2.55. The number of fused-ring (bicyclic) bond motifs is 4. The zero-order valence-corrected chi connectivity index (χ0v) is 21.7. The molecular formula is C30H37N3O3. The van der Waals surface area contributed by atoms with Crippen molar-refractivity contribution in [2.75, 3.05) is 27.7 Å². The molecule has 0 bridgehead atoms. The molecule has 1 aliphatic carbocycles. The quantitative estimate of drug-likeness (QED) is 0.507. The molecule has 1 saturated carbocycles. The summed E-state index contributed by atoms with van der Waals surface area (Å²) in [5, 5.41) is 1.27. The van der Waals surface area contributed by atoms with E-state index in [4.69, 9.17) is 4.74 Å². The van der Waals surface area contributed by atoms with Crippen LogP contribution in [0.4, 0.5) is 0 Å². The standard InChI is InChI=1S/C30H37N3O3/c1-32(2)29(21-22-9-5-4-6-10-22)16-18-30(19-17-29)28-24(23-11-7-8-12-25(23)31-28)15-20-33(30)26(34)13-14-27(35)36-3/h4-12,31H,13-21H2,1-3H3. The number of para-hydroxylation sites is 1. The first-order valence-electron chi connectivity index (χ1n) is 13.1. The first-order valence-corrected chi connectivity index (χ1v) is 13.1. The number of H-pyrrole nitrogens is 1. The predicted molar refractivity (Wildman–Crippen MR) is 142 cm³/mol. The van der Waals surface area contributed by atoms with Crippen molar-refractivity contribution in [3.8, 4) is 0 Å². The summed E-state index contributed by atoms with van der Waals surface area (Å²) in [4.78, 5) is 33.6. The summed E-state index contributed by atoms with van der Waals surface area (Å²) in [6.07, 6.45) is 5.89. The minimum Gasteiger partial charge on any atom is -0.469 e. The Morgan fingerprint density at radius 2 is 1.67 bits per heavy atom. The number of benzene rings is 2. The third-order valence-corrected chi connectivity index (χ3v) is 8.79. The highest BCUT2D eigenvalue weighted by molar-refractivity contribution is 5.87. The Kier molecular flexibility index (Phi) is 6.64. The number of methoxy groups -OCH3 is 1. The number of likely N-dealkylation sites (N-methyl/N-ethyl adjacent to an activating group) is 1. The Bertz CT molecular complexity index is 1240. The van der Waals surface area contributed by atoms with Crippen molar-refractivity contribution >= 4 is 22.8 Å². The summed E-state index contributed by atoms with van der Waals surface area (Å²) >= 11 is 0. The SMILES string of the molecule is COC(=O)CCC(=O)N1CCc2c([nH]c3ccccc23)C12CCC(Cc1ccccc1)(N(C)C)CC2. The number of nitrogens with zero attached hydrogens (tertiary/aromatic N) is 2. The second-order valence-electron chi connectivity index (χ2n) is 10.7. The van der Waals surface area contributed by atoms with Crippen LogP contribution in [-0.4, -0.2) is 59.9 Å². The summed E-state index contributed by atoms with van der Waals surface area (Å²) in [7, 11) is 5.76. The average molecular weight is 488 g/mol. The summed E-state index contributed by atoms with van der Waals surface area (Å²) in [5.41, 5.74) is 4.70. The lowest BCUT2D eigenvalue weighted by molar-refractivity contribution is -0.148. The molecule has 5 rings (SSSR count). The van der Waals surface area contributed by atoms with Crippen LogP contribution in [0.2, 0.25) is 0 Å². The Labute approximate surface area is 213 Å².